The fourth-order valence-electron chi connectivity index (χ4n) is 8.07. The van der Waals surface area contributed by atoms with Crippen LogP contribution in [-0.4, -0.2) is 131 Å². The minimum Gasteiger partial charge on any atom is -0.508 e. The molecule has 0 radical (unpaired) electrons. The number of nitrogens with two attached hydrogens (primary N) is 3. The molecule has 1 aliphatic heterocycles. The van der Waals surface area contributed by atoms with Crippen molar-refractivity contribution in [2.75, 3.05) is 18.1 Å². The van der Waals surface area contributed by atoms with Crippen LogP contribution >= 0.6 is 0 Å². The molecule has 7 atom stereocenters. The lowest BCUT2D eigenvalue weighted by Crippen LogP contribution is -2.55. The van der Waals surface area contributed by atoms with Crippen molar-refractivity contribution in [2.45, 2.75) is 148 Å². The van der Waals surface area contributed by atoms with Crippen LogP contribution in [0, 0.1) is 23.7 Å². The van der Waals surface area contributed by atoms with Crippen molar-refractivity contribution in [3.8, 4) is 5.75 Å². The minimum absolute atomic E-state index is 0.0669. The van der Waals surface area contributed by atoms with E-state index in [9.17, 15) is 66.3 Å². The molecule has 0 bridgehead atoms. The first-order chi connectivity index (χ1) is 32.8. The number of rotatable bonds is 20. The number of phenols is 1. The lowest BCUT2D eigenvalue weighted by atomic mass is 9.84. The normalized spacial score (nSPS) is 22.9. The molecule has 1 aromatic rings. The van der Waals surface area contributed by atoms with E-state index in [1.165, 1.54) is 24.3 Å². The molecule has 1 aliphatic carbocycles. The van der Waals surface area contributed by atoms with Crippen LogP contribution in [0.4, 0.5) is 0 Å². The van der Waals surface area contributed by atoms with Gasteiger partial charge in [-0.25, -0.2) is 8.42 Å². The Labute approximate surface area is 408 Å². The Morgan fingerprint density at radius 3 is 1.99 bits per heavy atom. The fraction of sp³-hybridized carbons (Fsp3) is 0.638. The van der Waals surface area contributed by atoms with E-state index < -0.39 is 179 Å². The second-order valence-corrected chi connectivity index (χ2v) is 21.2. The van der Waals surface area contributed by atoms with Crippen LogP contribution in [0.15, 0.2) is 24.3 Å². The van der Waals surface area contributed by atoms with Crippen molar-refractivity contribution in [1.82, 2.24) is 26.2 Å². The lowest BCUT2D eigenvalue weighted by Gasteiger charge is -2.30. The van der Waals surface area contributed by atoms with Gasteiger partial charge in [-0.15, -0.1) is 0 Å². The summed E-state index contributed by atoms with van der Waals surface area (Å²) in [6.07, 6.45) is -3.21. The molecule has 0 spiro atoms. The number of phenolic OH excluding ortho intramolecular Hbond substituents is 1. The monoisotopic (exact) mass is 1000 g/mol. The summed E-state index contributed by atoms with van der Waals surface area (Å²) in [5.74, 6) is -13.8. The molecule has 8 amide bonds. The van der Waals surface area contributed by atoms with E-state index in [0.29, 0.717) is 24.8 Å². The van der Waals surface area contributed by atoms with E-state index in [2.05, 4.69) is 21.3 Å². The van der Waals surface area contributed by atoms with Crippen molar-refractivity contribution in [3.05, 3.63) is 29.8 Å². The highest BCUT2D eigenvalue weighted by Gasteiger charge is 2.40. The lowest BCUT2D eigenvalue weighted by molar-refractivity contribution is -0.142. The molecule has 22 nitrogen and oxygen atoms in total. The molecule has 11 N–H and O–H groups in total. The number of hydrogen-bond acceptors (Lipinski definition) is 14. The summed E-state index contributed by atoms with van der Waals surface area (Å²) >= 11 is 0. The Balaban J connectivity index is 2.09. The summed E-state index contributed by atoms with van der Waals surface area (Å²) in [6, 6.07) is -0.300. The quantitative estimate of drug-likeness (QED) is 0.0801. The molecule has 2 aliphatic rings. The van der Waals surface area contributed by atoms with Gasteiger partial charge in [0, 0.05) is 56.9 Å². The average molecular weight is 1000 g/mol. The zero-order valence-electron chi connectivity index (χ0n) is 40.4. The summed E-state index contributed by atoms with van der Waals surface area (Å²) < 4.78 is 27.3. The zero-order chi connectivity index (χ0) is 52.5. The molecule has 70 heavy (non-hydrogen) atoms. The second-order valence-electron chi connectivity index (χ2n) is 18.9. The number of aromatic hydroxyl groups is 1. The molecule has 3 rings (SSSR count). The number of sulfone groups is 1. The summed E-state index contributed by atoms with van der Waals surface area (Å²) in [7, 11) is -4.24. The van der Waals surface area contributed by atoms with Gasteiger partial charge in [0.15, 0.2) is 27.2 Å². The Kier molecular flexibility index (Phi) is 22.6. The van der Waals surface area contributed by atoms with Crippen LogP contribution in [0.2, 0.25) is 0 Å². The number of primary amides is 3. The van der Waals surface area contributed by atoms with Gasteiger partial charge in [-0.05, 0) is 68.1 Å². The molecule has 1 aromatic carbocycles. The van der Waals surface area contributed by atoms with E-state index in [-0.39, 0.29) is 43.8 Å². The molecule has 2 fully saturated rings. The molecule has 0 unspecified atom stereocenters. The van der Waals surface area contributed by atoms with Gasteiger partial charge in [0.25, 0.3) is 0 Å². The number of ketones is 3. The maximum atomic E-state index is 14.5. The number of hydrogen-bond donors (Lipinski definition) is 8. The third kappa shape index (κ3) is 20.0. The predicted molar refractivity (Wildman–Crippen MR) is 253 cm³/mol. The topological polar surface area (TPSA) is 372 Å². The smallest absolute Gasteiger partial charge is 0.245 e. The first-order valence-electron chi connectivity index (χ1n) is 23.7. The summed E-state index contributed by atoms with van der Waals surface area (Å²) in [5, 5.41) is 20.1. The summed E-state index contributed by atoms with van der Waals surface area (Å²) in [4.78, 5) is 148. The van der Waals surface area contributed by atoms with Gasteiger partial charge < -0.3 is 48.5 Å². The van der Waals surface area contributed by atoms with Crippen LogP contribution in [-0.2, 0) is 69.0 Å². The number of Topliss-reactive ketones (excluding diaryl/α,β-unsaturated/α-hetero) is 3. The largest absolute Gasteiger partial charge is 0.508 e. The Hall–Kier alpha value is -6.26. The van der Waals surface area contributed by atoms with Crippen LogP contribution in [0.5, 0.6) is 5.75 Å². The molecular formula is C47H70N8O14S. The standard InChI is InChI=1S/C47H70N8O14S/c1-5-27(4)32-24-39(59)36(21-28-6-10-31(56)11-7-28)51-43(63)17-19-70(68,69)18-16-34(54-45(65)29(23-42(50)62)22-38(58)33(53-46(32)66)12-14-40(48)60)47(67)55(30-8-9-30)25-44(64)52-35(20-26(2)3)37(57)13-15-41(49)61/h6-7,10-11,26-27,29-30,32-36,56H,5,8-9,12-25H2,1-4H3,(H2,48,60)(H2,49,61)(H2,50,62)(H,51,63)(H,52,64)(H,53,66)(H,54,65)/t27-,29-,32-,33-,34-,35-,36-/m0/s1. The van der Waals surface area contributed by atoms with E-state index in [1.54, 1.807) is 13.8 Å². The number of amides is 8. The molecular weight excluding hydrogens is 933 g/mol. The van der Waals surface area contributed by atoms with Crippen molar-refractivity contribution >= 4 is 74.4 Å². The maximum Gasteiger partial charge on any atom is 0.245 e. The number of nitrogens with one attached hydrogen (secondary N) is 4. The van der Waals surface area contributed by atoms with Gasteiger partial charge in [0.05, 0.1) is 42.1 Å². The predicted octanol–water partition coefficient (Wildman–Crippen LogP) is -0.708. The van der Waals surface area contributed by atoms with Gasteiger partial charge >= 0.3 is 0 Å². The van der Waals surface area contributed by atoms with E-state index >= 15 is 0 Å². The van der Waals surface area contributed by atoms with E-state index in [0.717, 1.165) is 4.90 Å². The minimum atomic E-state index is -4.24. The zero-order valence-corrected chi connectivity index (χ0v) is 41.2. The van der Waals surface area contributed by atoms with Crippen molar-refractivity contribution in [3.63, 3.8) is 0 Å². The highest BCUT2D eigenvalue weighted by Crippen LogP contribution is 2.28. The van der Waals surface area contributed by atoms with Crippen LogP contribution in [0.1, 0.15) is 117 Å². The number of carbonyl (C=O) groups excluding carboxylic acids is 11. The number of nitrogens with zero attached hydrogens (tertiary/aromatic N) is 1. The first kappa shape index (κ1) is 58.1. The highest BCUT2D eigenvalue weighted by atomic mass is 32.2. The third-order valence-corrected chi connectivity index (χ3v) is 14.1. The molecule has 1 saturated heterocycles. The first-order valence-corrected chi connectivity index (χ1v) is 25.5. The molecule has 0 aromatic heterocycles. The van der Waals surface area contributed by atoms with Crippen LogP contribution in [0.25, 0.3) is 0 Å². The Morgan fingerprint density at radius 1 is 0.786 bits per heavy atom. The van der Waals surface area contributed by atoms with Crippen LogP contribution < -0.4 is 38.5 Å². The third-order valence-electron chi connectivity index (χ3n) is 12.4. The SMILES string of the molecule is CC[C@H](C)[C@@H]1CC(=O)[C@H](Cc2ccc(O)cc2)NC(=O)CCS(=O)(=O)CC[C@@H](C(=O)N(CC(=O)N[C@@H](CC(C)C)C(=O)CCC(N)=O)C2CC2)NC(=O)[C@H](CC(N)=O)CC(=O)[C@H](CCC(N)=O)NC1=O. The molecule has 23 heteroatoms. The van der Waals surface area contributed by atoms with Crippen molar-refractivity contribution in [1.29, 1.82) is 0 Å². The second kappa shape index (κ2) is 27.2. The van der Waals surface area contributed by atoms with E-state index in [1.807, 2.05) is 13.8 Å². The molecule has 388 valence electrons. The number of carbonyl (C=O) groups is 11. The van der Waals surface area contributed by atoms with Crippen molar-refractivity contribution in [2.24, 2.45) is 40.9 Å². The van der Waals surface area contributed by atoms with Crippen molar-refractivity contribution < 1.29 is 66.3 Å². The van der Waals surface area contributed by atoms with Gasteiger partial charge in [-0.3, -0.25) is 52.7 Å². The molecule has 1 saturated carbocycles. The summed E-state index contributed by atoms with van der Waals surface area (Å²) in [6.45, 7) is 6.44. The van der Waals surface area contributed by atoms with Crippen LogP contribution in [0.3, 0.4) is 0 Å². The summed E-state index contributed by atoms with van der Waals surface area (Å²) in [5.41, 5.74) is 16.7. The van der Waals surface area contributed by atoms with Gasteiger partial charge in [0.1, 0.15) is 11.8 Å². The average Bonchev–Trinajstić information content (AvgIpc) is 4.13. The highest BCUT2D eigenvalue weighted by molar-refractivity contribution is 7.91. The van der Waals surface area contributed by atoms with Gasteiger partial charge in [0.2, 0.25) is 47.3 Å². The fourth-order valence-corrected chi connectivity index (χ4v) is 9.36. The molecule has 1 heterocycles. The maximum absolute atomic E-state index is 14.5. The number of benzene rings is 1. The Morgan fingerprint density at radius 2 is 1.41 bits per heavy atom. The Bertz CT molecular complexity index is 2220. The van der Waals surface area contributed by atoms with Gasteiger partial charge in [-0.2, -0.15) is 0 Å². The van der Waals surface area contributed by atoms with Gasteiger partial charge in [-0.1, -0.05) is 46.2 Å². The van der Waals surface area contributed by atoms with E-state index in [4.69, 9.17) is 17.2 Å².